The number of nitrogen functional groups attached to an aromatic ring is 1. The summed E-state index contributed by atoms with van der Waals surface area (Å²) in [4.78, 5) is 8.76. The molecule has 4 nitrogen and oxygen atoms in total. The second-order valence-corrected chi connectivity index (χ2v) is 5.29. The van der Waals surface area contributed by atoms with E-state index in [1.54, 1.807) is 18.0 Å². The Morgan fingerprint density at radius 1 is 1.38 bits per heavy atom. The van der Waals surface area contributed by atoms with E-state index in [2.05, 4.69) is 25.9 Å². The Kier molecular flexibility index (Phi) is 2.40. The standard InChI is InChI=1S/C10H8BrN3OS/c11-6-1-2-15-8(6)10-13-7-4-16-3-5(7)9(12)14-10/h1-2H,3-4H2,(H2,12,13,14). The first-order valence-corrected chi connectivity index (χ1v) is 6.67. The van der Waals surface area contributed by atoms with Gasteiger partial charge in [-0.15, -0.1) is 0 Å². The molecule has 0 aromatic carbocycles. The van der Waals surface area contributed by atoms with Crippen LogP contribution in [0.15, 0.2) is 21.2 Å². The van der Waals surface area contributed by atoms with E-state index in [0.29, 0.717) is 17.4 Å². The summed E-state index contributed by atoms with van der Waals surface area (Å²) in [6, 6.07) is 1.82. The Morgan fingerprint density at radius 2 is 2.25 bits per heavy atom. The van der Waals surface area contributed by atoms with E-state index < -0.39 is 0 Å². The van der Waals surface area contributed by atoms with Gasteiger partial charge in [0.15, 0.2) is 11.6 Å². The van der Waals surface area contributed by atoms with Crippen LogP contribution in [-0.2, 0) is 11.5 Å². The van der Waals surface area contributed by atoms with Crippen LogP contribution in [0.1, 0.15) is 11.3 Å². The summed E-state index contributed by atoms with van der Waals surface area (Å²) in [6.45, 7) is 0. The van der Waals surface area contributed by atoms with Gasteiger partial charge in [-0.25, -0.2) is 9.97 Å². The fourth-order valence-corrected chi connectivity index (χ4v) is 3.06. The third-order valence-corrected chi connectivity index (χ3v) is 4.03. The summed E-state index contributed by atoms with van der Waals surface area (Å²) in [6.07, 6.45) is 1.60. The normalized spacial score (nSPS) is 14.1. The van der Waals surface area contributed by atoms with Crippen LogP contribution < -0.4 is 5.73 Å². The molecule has 82 valence electrons. The average Bonchev–Trinajstić information content (AvgIpc) is 2.85. The molecule has 2 aromatic rings. The van der Waals surface area contributed by atoms with Crippen molar-refractivity contribution < 1.29 is 4.42 Å². The second-order valence-electron chi connectivity index (χ2n) is 3.45. The van der Waals surface area contributed by atoms with Gasteiger partial charge in [0.05, 0.1) is 16.4 Å². The van der Waals surface area contributed by atoms with Crippen molar-refractivity contribution in [2.75, 3.05) is 5.73 Å². The number of hydrogen-bond acceptors (Lipinski definition) is 5. The molecule has 0 atom stereocenters. The van der Waals surface area contributed by atoms with Crippen LogP contribution in [0.25, 0.3) is 11.6 Å². The molecule has 0 radical (unpaired) electrons. The number of nitrogens with zero attached hydrogens (tertiary/aromatic N) is 2. The third-order valence-electron chi connectivity index (χ3n) is 2.43. The largest absolute Gasteiger partial charge is 0.460 e. The van der Waals surface area contributed by atoms with Crippen molar-refractivity contribution in [3.8, 4) is 11.6 Å². The van der Waals surface area contributed by atoms with Crippen LogP contribution in [0.3, 0.4) is 0 Å². The lowest BCUT2D eigenvalue weighted by Gasteiger charge is -2.04. The zero-order chi connectivity index (χ0) is 11.1. The molecule has 16 heavy (non-hydrogen) atoms. The Labute approximate surface area is 105 Å². The maximum Gasteiger partial charge on any atom is 0.199 e. The molecule has 0 bridgehead atoms. The van der Waals surface area contributed by atoms with E-state index in [-0.39, 0.29) is 0 Å². The number of thioether (sulfide) groups is 1. The van der Waals surface area contributed by atoms with Crippen LogP contribution in [0.2, 0.25) is 0 Å². The molecule has 0 amide bonds. The molecule has 3 heterocycles. The molecule has 0 unspecified atom stereocenters. The van der Waals surface area contributed by atoms with Crippen molar-refractivity contribution in [1.29, 1.82) is 0 Å². The van der Waals surface area contributed by atoms with Crippen molar-refractivity contribution in [3.63, 3.8) is 0 Å². The summed E-state index contributed by atoms with van der Waals surface area (Å²) in [5.41, 5.74) is 8.00. The van der Waals surface area contributed by atoms with Gasteiger partial charge in [-0.05, 0) is 22.0 Å². The predicted octanol–water partition coefficient (Wildman–Crippen LogP) is 2.83. The van der Waals surface area contributed by atoms with E-state index in [0.717, 1.165) is 27.2 Å². The Bertz CT molecular complexity index is 555. The highest BCUT2D eigenvalue weighted by Gasteiger charge is 2.20. The maximum atomic E-state index is 5.91. The lowest BCUT2D eigenvalue weighted by Crippen LogP contribution is -2.02. The SMILES string of the molecule is Nc1nc(-c2occc2Br)nc2c1CSC2. The summed E-state index contributed by atoms with van der Waals surface area (Å²) in [5.74, 6) is 3.55. The Morgan fingerprint density at radius 3 is 3.00 bits per heavy atom. The number of hydrogen-bond donors (Lipinski definition) is 1. The van der Waals surface area contributed by atoms with Gasteiger partial charge in [-0.3, -0.25) is 0 Å². The fraction of sp³-hybridized carbons (Fsp3) is 0.200. The van der Waals surface area contributed by atoms with E-state index in [4.69, 9.17) is 10.2 Å². The van der Waals surface area contributed by atoms with Gasteiger partial charge in [0.1, 0.15) is 5.82 Å². The first-order valence-electron chi connectivity index (χ1n) is 4.72. The maximum absolute atomic E-state index is 5.91. The zero-order valence-corrected chi connectivity index (χ0v) is 10.6. The molecular formula is C10H8BrN3OS. The van der Waals surface area contributed by atoms with Crippen molar-refractivity contribution in [3.05, 3.63) is 28.1 Å². The number of anilines is 1. The summed E-state index contributed by atoms with van der Waals surface area (Å²) >= 11 is 5.19. The quantitative estimate of drug-likeness (QED) is 0.877. The number of rotatable bonds is 1. The lowest BCUT2D eigenvalue weighted by atomic mass is 10.2. The van der Waals surface area contributed by atoms with Crippen molar-refractivity contribution in [2.45, 2.75) is 11.5 Å². The number of furan rings is 1. The number of fused-ring (bicyclic) bond motifs is 1. The number of nitrogens with two attached hydrogens (primary N) is 1. The van der Waals surface area contributed by atoms with Gasteiger partial charge in [0.2, 0.25) is 0 Å². The molecule has 3 rings (SSSR count). The van der Waals surface area contributed by atoms with Gasteiger partial charge >= 0.3 is 0 Å². The van der Waals surface area contributed by atoms with Crippen molar-refractivity contribution in [1.82, 2.24) is 9.97 Å². The van der Waals surface area contributed by atoms with E-state index in [1.165, 1.54) is 0 Å². The van der Waals surface area contributed by atoms with Gasteiger partial charge in [-0.1, -0.05) is 0 Å². The monoisotopic (exact) mass is 297 g/mol. The van der Waals surface area contributed by atoms with Gasteiger partial charge < -0.3 is 10.2 Å². The van der Waals surface area contributed by atoms with Crippen LogP contribution in [0.5, 0.6) is 0 Å². The van der Waals surface area contributed by atoms with E-state index in [1.807, 2.05) is 6.07 Å². The highest BCUT2D eigenvalue weighted by molar-refractivity contribution is 9.10. The Hall–Kier alpha value is -1.01. The van der Waals surface area contributed by atoms with Crippen LogP contribution in [0.4, 0.5) is 5.82 Å². The second kappa shape index (κ2) is 3.78. The minimum atomic E-state index is 0.552. The smallest absolute Gasteiger partial charge is 0.199 e. The first-order chi connectivity index (χ1) is 7.75. The molecule has 0 saturated carbocycles. The highest BCUT2D eigenvalue weighted by atomic mass is 79.9. The summed E-state index contributed by atoms with van der Waals surface area (Å²) < 4.78 is 6.18. The lowest BCUT2D eigenvalue weighted by molar-refractivity contribution is 0.576. The fourth-order valence-electron chi connectivity index (χ4n) is 1.63. The first kappa shape index (κ1) is 10.2. The molecule has 0 saturated heterocycles. The topological polar surface area (TPSA) is 64.9 Å². The predicted molar refractivity (Wildman–Crippen MR) is 66.8 cm³/mol. The van der Waals surface area contributed by atoms with Crippen molar-refractivity contribution in [2.24, 2.45) is 0 Å². The molecule has 1 aliphatic heterocycles. The molecule has 0 fully saturated rings. The highest BCUT2D eigenvalue weighted by Crippen LogP contribution is 2.34. The minimum absolute atomic E-state index is 0.552. The van der Waals surface area contributed by atoms with Gasteiger partial charge in [0.25, 0.3) is 0 Å². The van der Waals surface area contributed by atoms with Gasteiger partial charge in [0, 0.05) is 17.1 Å². The molecule has 2 aromatic heterocycles. The molecule has 1 aliphatic rings. The molecular weight excluding hydrogens is 290 g/mol. The Balaban J connectivity index is 2.17. The van der Waals surface area contributed by atoms with Crippen molar-refractivity contribution >= 4 is 33.5 Å². The average molecular weight is 298 g/mol. The molecule has 6 heteroatoms. The zero-order valence-electron chi connectivity index (χ0n) is 8.24. The summed E-state index contributed by atoms with van der Waals surface area (Å²) in [7, 11) is 0. The van der Waals surface area contributed by atoms with E-state index in [9.17, 15) is 0 Å². The molecule has 0 aliphatic carbocycles. The van der Waals surface area contributed by atoms with Crippen LogP contribution in [0, 0.1) is 0 Å². The van der Waals surface area contributed by atoms with Gasteiger partial charge in [-0.2, -0.15) is 11.8 Å². The number of halogens is 1. The van der Waals surface area contributed by atoms with Crippen LogP contribution in [-0.4, -0.2) is 9.97 Å². The minimum Gasteiger partial charge on any atom is -0.460 e. The molecule has 2 N–H and O–H groups in total. The van der Waals surface area contributed by atoms with Crippen LogP contribution >= 0.6 is 27.7 Å². The van der Waals surface area contributed by atoms with E-state index >= 15 is 0 Å². The number of aromatic nitrogens is 2. The molecule has 0 spiro atoms. The third kappa shape index (κ3) is 1.53. The summed E-state index contributed by atoms with van der Waals surface area (Å²) in [5, 5.41) is 0.